The number of fused-ring (bicyclic) bond motifs is 1. The summed E-state index contributed by atoms with van der Waals surface area (Å²) in [6.07, 6.45) is 3.02. The molecule has 82 valence electrons. The molecule has 0 aromatic heterocycles. The Morgan fingerprint density at radius 2 is 2.07 bits per heavy atom. The molecule has 0 radical (unpaired) electrons. The molecule has 0 saturated heterocycles. The molecule has 0 bridgehead atoms. The normalized spacial score (nSPS) is 21.0. The Morgan fingerprint density at radius 3 is 2.80 bits per heavy atom. The molecule has 0 aliphatic heterocycles. The molecule has 0 heterocycles. The molecule has 1 aliphatic rings. The minimum Gasteiger partial charge on any atom is -0.212 e. The molecule has 4 heteroatoms. The largest absolute Gasteiger partial charge is 0.233 e. The quantitative estimate of drug-likeness (QED) is 0.750. The van der Waals surface area contributed by atoms with Gasteiger partial charge in [-0.05, 0) is 36.3 Å². The van der Waals surface area contributed by atoms with E-state index in [4.69, 9.17) is 10.7 Å². The van der Waals surface area contributed by atoms with Gasteiger partial charge in [-0.3, -0.25) is 0 Å². The molecule has 0 spiro atoms. The van der Waals surface area contributed by atoms with Gasteiger partial charge in [0, 0.05) is 10.7 Å². The minimum absolute atomic E-state index is 0.0611. The predicted molar refractivity (Wildman–Crippen MR) is 61.8 cm³/mol. The fourth-order valence-corrected chi connectivity index (χ4v) is 3.55. The Kier molecular flexibility index (Phi) is 3.03. The van der Waals surface area contributed by atoms with E-state index in [0.717, 1.165) is 24.8 Å². The maximum atomic E-state index is 11.1. The summed E-state index contributed by atoms with van der Waals surface area (Å²) in [5.41, 5.74) is 2.43. The first-order chi connectivity index (χ1) is 7.06. The van der Waals surface area contributed by atoms with Crippen molar-refractivity contribution in [3.63, 3.8) is 0 Å². The van der Waals surface area contributed by atoms with E-state index in [1.165, 1.54) is 5.56 Å². The summed E-state index contributed by atoms with van der Waals surface area (Å²) in [7, 11) is 1.91. The van der Waals surface area contributed by atoms with Crippen molar-refractivity contribution in [1.82, 2.24) is 0 Å². The van der Waals surface area contributed by atoms with Crippen LogP contribution in [0.4, 0.5) is 0 Å². The Morgan fingerprint density at radius 1 is 1.33 bits per heavy atom. The van der Waals surface area contributed by atoms with Crippen LogP contribution in [-0.2, 0) is 15.5 Å². The molecule has 0 amide bonds. The second kappa shape index (κ2) is 4.14. The topological polar surface area (TPSA) is 34.1 Å². The molecule has 1 aromatic carbocycles. The summed E-state index contributed by atoms with van der Waals surface area (Å²) in [5.74, 6) is 0.142. The number of hydrogen-bond acceptors (Lipinski definition) is 2. The lowest BCUT2D eigenvalue weighted by atomic mass is 9.84. The third kappa shape index (κ3) is 2.73. The number of aryl methyl sites for hydroxylation is 1. The summed E-state index contributed by atoms with van der Waals surface area (Å²) < 4.78 is 22.1. The molecule has 1 atom stereocenters. The van der Waals surface area contributed by atoms with Gasteiger partial charge < -0.3 is 0 Å². The van der Waals surface area contributed by atoms with Gasteiger partial charge >= 0.3 is 0 Å². The number of benzene rings is 1. The third-order valence-corrected chi connectivity index (χ3v) is 4.07. The van der Waals surface area contributed by atoms with Gasteiger partial charge in [0.1, 0.15) is 0 Å². The zero-order chi connectivity index (χ0) is 10.9. The maximum Gasteiger partial charge on any atom is 0.233 e. The SMILES string of the molecule is O=S(=O)(Cl)CC1CCCc2ccccc21. The molecule has 2 rings (SSSR count). The van der Waals surface area contributed by atoms with E-state index in [-0.39, 0.29) is 11.7 Å². The maximum absolute atomic E-state index is 11.1. The predicted octanol–water partition coefficient (Wildman–Crippen LogP) is 2.68. The lowest BCUT2D eigenvalue weighted by Gasteiger charge is -2.24. The highest BCUT2D eigenvalue weighted by atomic mass is 35.7. The van der Waals surface area contributed by atoms with Crippen LogP contribution < -0.4 is 0 Å². The van der Waals surface area contributed by atoms with Crippen molar-refractivity contribution >= 4 is 19.7 Å². The highest BCUT2D eigenvalue weighted by molar-refractivity contribution is 8.13. The van der Waals surface area contributed by atoms with E-state index in [2.05, 4.69) is 6.07 Å². The van der Waals surface area contributed by atoms with Crippen LogP contribution in [0.5, 0.6) is 0 Å². The molecular weight excluding hydrogens is 232 g/mol. The van der Waals surface area contributed by atoms with Crippen LogP contribution >= 0.6 is 10.7 Å². The van der Waals surface area contributed by atoms with Crippen molar-refractivity contribution in [3.8, 4) is 0 Å². The van der Waals surface area contributed by atoms with Crippen molar-refractivity contribution < 1.29 is 8.42 Å². The van der Waals surface area contributed by atoms with E-state index in [1.807, 2.05) is 18.2 Å². The molecule has 0 saturated carbocycles. The molecule has 1 aliphatic carbocycles. The van der Waals surface area contributed by atoms with Gasteiger partial charge in [0.05, 0.1) is 5.75 Å². The van der Waals surface area contributed by atoms with Crippen LogP contribution in [0.3, 0.4) is 0 Å². The van der Waals surface area contributed by atoms with Gasteiger partial charge in [-0.15, -0.1) is 0 Å². The Bertz CT molecular complexity index is 453. The summed E-state index contributed by atoms with van der Waals surface area (Å²) in [4.78, 5) is 0. The van der Waals surface area contributed by atoms with E-state index in [1.54, 1.807) is 0 Å². The van der Waals surface area contributed by atoms with Crippen molar-refractivity contribution in [2.24, 2.45) is 0 Å². The number of rotatable bonds is 2. The van der Waals surface area contributed by atoms with Crippen LogP contribution in [-0.4, -0.2) is 14.2 Å². The smallest absolute Gasteiger partial charge is 0.212 e. The van der Waals surface area contributed by atoms with Crippen LogP contribution in [0.25, 0.3) is 0 Å². The highest BCUT2D eigenvalue weighted by Crippen LogP contribution is 2.32. The molecule has 2 nitrogen and oxygen atoms in total. The van der Waals surface area contributed by atoms with Gasteiger partial charge in [0.15, 0.2) is 0 Å². The first kappa shape index (κ1) is 11.0. The summed E-state index contributed by atoms with van der Waals surface area (Å²) in [6, 6.07) is 8.04. The van der Waals surface area contributed by atoms with E-state index in [9.17, 15) is 8.42 Å². The first-order valence-electron chi connectivity index (χ1n) is 5.06. The zero-order valence-electron chi connectivity index (χ0n) is 8.32. The summed E-state index contributed by atoms with van der Waals surface area (Å²) in [5, 5.41) is 0. The van der Waals surface area contributed by atoms with Crippen LogP contribution in [0.15, 0.2) is 24.3 Å². The minimum atomic E-state index is -3.39. The number of hydrogen-bond donors (Lipinski definition) is 0. The van der Waals surface area contributed by atoms with Gasteiger partial charge in [-0.1, -0.05) is 24.3 Å². The lowest BCUT2D eigenvalue weighted by Crippen LogP contribution is -2.16. The summed E-state index contributed by atoms with van der Waals surface area (Å²) >= 11 is 0. The van der Waals surface area contributed by atoms with E-state index < -0.39 is 9.05 Å². The molecule has 0 N–H and O–H groups in total. The van der Waals surface area contributed by atoms with Gasteiger partial charge in [0.25, 0.3) is 0 Å². The van der Waals surface area contributed by atoms with E-state index in [0.29, 0.717) is 0 Å². The van der Waals surface area contributed by atoms with E-state index >= 15 is 0 Å². The van der Waals surface area contributed by atoms with Gasteiger partial charge in [0.2, 0.25) is 9.05 Å². The average molecular weight is 245 g/mol. The van der Waals surface area contributed by atoms with Crippen molar-refractivity contribution in [2.75, 3.05) is 5.75 Å². The number of halogens is 1. The Balaban J connectivity index is 2.30. The zero-order valence-corrected chi connectivity index (χ0v) is 9.89. The second-order valence-electron chi connectivity index (χ2n) is 3.99. The highest BCUT2D eigenvalue weighted by Gasteiger charge is 2.23. The third-order valence-electron chi connectivity index (χ3n) is 2.89. The van der Waals surface area contributed by atoms with Crippen LogP contribution in [0.2, 0.25) is 0 Å². The first-order valence-corrected chi connectivity index (χ1v) is 7.54. The summed E-state index contributed by atoms with van der Waals surface area (Å²) in [6.45, 7) is 0. The lowest BCUT2D eigenvalue weighted by molar-refractivity contribution is 0.567. The monoisotopic (exact) mass is 244 g/mol. The van der Waals surface area contributed by atoms with Crippen LogP contribution in [0.1, 0.15) is 29.9 Å². The van der Waals surface area contributed by atoms with Crippen molar-refractivity contribution in [3.05, 3.63) is 35.4 Å². The fraction of sp³-hybridized carbons (Fsp3) is 0.455. The molecular formula is C11H13ClO2S. The average Bonchev–Trinajstić information content (AvgIpc) is 2.16. The van der Waals surface area contributed by atoms with Crippen LogP contribution in [0, 0.1) is 0 Å². The molecule has 1 unspecified atom stereocenters. The second-order valence-corrected chi connectivity index (χ2v) is 6.82. The van der Waals surface area contributed by atoms with Crippen molar-refractivity contribution in [2.45, 2.75) is 25.2 Å². The van der Waals surface area contributed by atoms with Crippen molar-refractivity contribution in [1.29, 1.82) is 0 Å². The Hall–Kier alpha value is -0.540. The Labute approximate surface area is 94.7 Å². The van der Waals surface area contributed by atoms with Gasteiger partial charge in [-0.2, -0.15) is 0 Å². The fourth-order valence-electron chi connectivity index (χ4n) is 2.27. The standard InChI is InChI=1S/C11H13ClO2S/c12-15(13,14)8-10-6-3-5-9-4-1-2-7-11(9)10/h1-2,4,7,10H,3,5-6,8H2. The molecule has 0 fully saturated rings. The molecule has 15 heavy (non-hydrogen) atoms. The molecule has 1 aromatic rings. The van der Waals surface area contributed by atoms with Gasteiger partial charge in [-0.25, -0.2) is 8.42 Å².